The average molecular weight is 325 g/mol. The lowest BCUT2D eigenvalue weighted by molar-refractivity contribution is 0.601. The summed E-state index contributed by atoms with van der Waals surface area (Å²) in [7, 11) is -3.68. The number of para-hydroxylation sites is 1. The molecule has 0 heterocycles. The molecule has 4 nitrogen and oxygen atoms in total. The Kier molecular flexibility index (Phi) is 4.75. The third-order valence-electron chi connectivity index (χ3n) is 2.99. The number of aryl methyl sites for hydroxylation is 1. The van der Waals surface area contributed by atoms with Gasteiger partial charge in [-0.05, 0) is 43.7 Å². The van der Waals surface area contributed by atoms with Gasteiger partial charge in [-0.2, -0.15) is 0 Å². The lowest BCUT2D eigenvalue weighted by atomic mass is 10.2. The van der Waals surface area contributed by atoms with E-state index in [1.54, 1.807) is 42.5 Å². The molecule has 0 bridgehead atoms. The van der Waals surface area contributed by atoms with Crippen LogP contribution in [-0.4, -0.2) is 15.0 Å². The number of anilines is 2. The van der Waals surface area contributed by atoms with Crippen molar-refractivity contribution >= 4 is 33.0 Å². The Hall–Kier alpha value is -1.72. The smallest absolute Gasteiger partial charge is 0.263 e. The number of benzene rings is 2. The minimum absolute atomic E-state index is 0.214. The molecular formula is C15H17ClN2O2S. The van der Waals surface area contributed by atoms with Crippen molar-refractivity contribution in [2.24, 2.45) is 0 Å². The Morgan fingerprint density at radius 3 is 2.52 bits per heavy atom. The molecule has 2 rings (SSSR count). The van der Waals surface area contributed by atoms with Crippen molar-refractivity contribution in [3.05, 3.63) is 53.1 Å². The fraction of sp³-hybridized carbons (Fsp3) is 0.200. The molecule has 0 aliphatic rings. The van der Waals surface area contributed by atoms with Gasteiger partial charge in [0.05, 0.1) is 11.4 Å². The summed E-state index contributed by atoms with van der Waals surface area (Å²) in [6.45, 7) is 4.38. The molecule has 0 saturated heterocycles. The third kappa shape index (κ3) is 3.68. The third-order valence-corrected chi connectivity index (χ3v) is 4.65. The lowest BCUT2D eigenvalue weighted by Crippen LogP contribution is -2.16. The molecule has 21 heavy (non-hydrogen) atoms. The largest absolute Gasteiger partial charge is 0.384 e. The summed E-state index contributed by atoms with van der Waals surface area (Å²) in [4.78, 5) is 0.214. The van der Waals surface area contributed by atoms with Gasteiger partial charge in [-0.3, -0.25) is 4.72 Å². The van der Waals surface area contributed by atoms with Gasteiger partial charge in [-0.1, -0.05) is 29.8 Å². The number of hydrogen-bond donors (Lipinski definition) is 2. The maximum Gasteiger partial charge on any atom is 0.263 e. The monoisotopic (exact) mass is 324 g/mol. The predicted molar refractivity (Wildman–Crippen MR) is 87.6 cm³/mol. The summed E-state index contributed by atoms with van der Waals surface area (Å²) in [5.74, 6) is 0. The Morgan fingerprint density at radius 2 is 1.81 bits per heavy atom. The quantitative estimate of drug-likeness (QED) is 0.877. The first kappa shape index (κ1) is 15.7. The molecular weight excluding hydrogens is 308 g/mol. The van der Waals surface area contributed by atoms with E-state index in [1.165, 1.54) is 0 Å². The van der Waals surface area contributed by atoms with E-state index in [4.69, 9.17) is 11.6 Å². The number of halogens is 1. The zero-order chi connectivity index (χ0) is 15.5. The minimum atomic E-state index is -3.68. The molecule has 2 aromatic carbocycles. The fourth-order valence-electron chi connectivity index (χ4n) is 1.94. The molecule has 0 radical (unpaired) electrons. The van der Waals surface area contributed by atoms with Gasteiger partial charge in [0.1, 0.15) is 4.90 Å². The summed E-state index contributed by atoms with van der Waals surface area (Å²) in [5.41, 5.74) is 1.87. The molecule has 0 saturated carbocycles. The topological polar surface area (TPSA) is 58.2 Å². The van der Waals surface area contributed by atoms with Crippen LogP contribution in [0, 0.1) is 6.92 Å². The number of rotatable bonds is 5. The van der Waals surface area contributed by atoms with Crippen LogP contribution in [0.1, 0.15) is 12.5 Å². The van der Waals surface area contributed by atoms with Gasteiger partial charge in [0.15, 0.2) is 0 Å². The van der Waals surface area contributed by atoms with Gasteiger partial charge >= 0.3 is 0 Å². The van der Waals surface area contributed by atoms with Crippen LogP contribution < -0.4 is 10.0 Å². The van der Waals surface area contributed by atoms with Gasteiger partial charge in [0.25, 0.3) is 10.0 Å². The van der Waals surface area contributed by atoms with Crippen LogP contribution in [0.3, 0.4) is 0 Å². The van der Waals surface area contributed by atoms with Gasteiger partial charge in [0, 0.05) is 11.6 Å². The van der Waals surface area contributed by atoms with Crippen molar-refractivity contribution in [2.45, 2.75) is 18.7 Å². The van der Waals surface area contributed by atoms with Crippen LogP contribution in [0.15, 0.2) is 47.4 Å². The zero-order valence-electron chi connectivity index (χ0n) is 11.9. The van der Waals surface area contributed by atoms with Crippen molar-refractivity contribution in [3.8, 4) is 0 Å². The molecule has 0 aliphatic carbocycles. The summed E-state index contributed by atoms with van der Waals surface area (Å²) >= 11 is 5.93. The van der Waals surface area contributed by atoms with E-state index in [2.05, 4.69) is 10.0 Å². The number of sulfonamides is 1. The van der Waals surface area contributed by atoms with E-state index in [9.17, 15) is 8.42 Å². The van der Waals surface area contributed by atoms with Crippen molar-refractivity contribution in [3.63, 3.8) is 0 Å². The van der Waals surface area contributed by atoms with Gasteiger partial charge < -0.3 is 5.32 Å². The Bertz CT molecular complexity index is 745. The van der Waals surface area contributed by atoms with E-state index in [0.717, 1.165) is 5.56 Å². The van der Waals surface area contributed by atoms with E-state index in [-0.39, 0.29) is 4.90 Å². The Morgan fingerprint density at radius 1 is 1.10 bits per heavy atom. The maximum absolute atomic E-state index is 12.6. The van der Waals surface area contributed by atoms with Crippen LogP contribution in [-0.2, 0) is 10.0 Å². The average Bonchev–Trinajstić information content (AvgIpc) is 2.43. The van der Waals surface area contributed by atoms with Crippen LogP contribution in [0.25, 0.3) is 0 Å². The molecule has 0 aliphatic heterocycles. The van der Waals surface area contributed by atoms with Crippen molar-refractivity contribution < 1.29 is 8.42 Å². The normalized spacial score (nSPS) is 11.2. The summed E-state index contributed by atoms with van der Waals surface area (Å²) in [6, 6.07) is 11.9. The molecule has 0 fully saturated rings. The highest BCUT2D eigenvalue weighted by Gasteiger charge is 2.19. The van der Waals surface area contributed by atoms with E-state index in [1.807, 2.05) is 13.8 Å². The lowest BCUT2D eigenvalue weighted by Gasteiger charge is -2.14. The number of hydrogen-bond acceptors (Lipinski definition) is 3. The SMILES string of the molecule is CCNc1ccccc1S(=O)(=O)Nc1cc(Cl)ccc1C. The second-order valence-corrected chi connectivity index (χ2v) is 6.68. The predicted octanol–water partition coefficient (Wildman–Crippen LogP) is 3.88. The first-order valence-corrected chi connectivity index (χ1v) is 8.42. The van der Waals surface area contributed by atoms with Gasteiger partial charge in [-0.25, -0.2) is 8.42 Å². The van der Waals surface area contributed by atoms with E-state index >= 15 is 0 Å². The highest BCUT2D eigenvalue weighted by Crippen LogP contribution is 2.26. The first-order valence-electron chi connectivity index (χ1n) is 6.56. The Balaban J connectivity index is 2.41. The summed E-state index contributed by atoms with van der Waals surface area (Å²) < 4.78 is 27.7. The molecule has 0 aromatic heterocycles. The Labute approximate surface area is 130 Å². The molecule has 0 amide bonds. The minimum Gasteiger partial charge on any atom is -0.384 e. The highest BCUT2D eigenvalue weighted by molar-refractivity contribution is 7.92. The van der Waals surface area contributed by atoms with Crippen LogP contribution in [0.2, 0.25) is 5.02 Å². The van der Waals surface area contributed by atoms with Gasteiger partial charge in [-0.15, -0.1) is 0 Å². The number of nitrogens with one attached hydrogen (secondary N) is 2. The molecule has 0 unspecified atom stereocenters. The molecule has 0 spiro atoms. The van der Waals surface area contributed by atoms with Gasteiger partial charge in [0.2, 0.25) is 0 Å². The zero-order valence-corrected chi connectivity index (χ0v) is 13.4. The maximum atomic E-state index is 12.6. The van der Waals surface area contributed by atoms with E-state index < -0.39 is 10.0 Å². The molecule has 0 atom stereocenters. The highest BCUT2D eigenvalue weighted by atomic mass is 35.5. The van der Waals surface area contributed by atoms with Crippen molar-refractivity contribution in [2.75, 3.05) is 16.6 Å². The molecule has 2 N–H and O–H groups in total. The van der Waals surface area contributed by atoms with Crippen LogP contribution in [0.5, 0.6) is 0 Å². The molecule has 2 aromatic rings. The van der Waals surface area contributed by atoms with Crippen molar-refractivity contribution in [1.29, 1.82) is 0 Å². The standard InChI is InChI=1S/C15H17ClN2O2S/c1-3-17-13-6-4-5-7-15(13)21(19,20)18-14-10-12(16)9-8-11(14)2/h4-10,17-18H,3H2,1-2H3. The summed E-state index contributed by atoms with van der Waals surface area (Å²) in [5, 5.41) is 3.53. The second-order valence-electron chi connectivity index (χ2n) is 4.59. The van der Waals surface area contributed by atoms with Crippen molar-refractivity contribution in [1.82, 2.24) is 0 Å². The van der Waals surface area contributed by atoms with Crippen LogP contribution >= 0.6 is 11.6 Å². The first-order chi connectivity index (χ1) is 9.94. The second kappa shape index (κ2) is 6.37. The summed E-state index contributed by atoms with van der Waals surface area (Å²) in [6.07, 6.45) is 0. The van der Waals surface area contributed by atoms with E-state index in [0.29, 0.717) is 22.9 Å². The molecule has 6 heteroatoms. The van der Waals surface area contributed by atoms with Crippen LogP contribution in [0.4, 0.5) is 11.4 Å². The molecule has 112 valence electrons. The fourth-order valence-corrected chi connectivity index (χ4v) is 3.42.